The van der Waals surface area contributed by atoms with Gasteiger partial charge in [0.2, 0.25) is 11.8 Å². The number of hydrogen-bond donors (Lipinski definition) is 0. The Morgan fingerprint density at radius 2 is 1.71 bits per heavy atom. The Balaban J connectivity index is 1.39. The molecular weight excluding hydrogens is 440 g/mol. The normalized spacial score (nSPS) is 13.7. The van der Waals surface area contributed by atoms with E-state index in [1.165, 1.54) is 28.9 Å². The van der Waals surface area contributed by atoms with Gasteiger partial charge in [0.15, 0.2) is 11.6 Å². The average molecular weight is 461 g/mol. The van der Waals surface area contributed by atoms with Crippen molar-refractivity contribution in [2.24, 2.45) is 0 Å². The molecule has 1 aliphatic rings. The van der Waals surface area contributed by atoms with Gasteiger partial charge in [0.1, 0.15) is 23.9 Å². The molecule has 7 nitrogen and oxygen atoms in total. The maximum Gasteiger partial charge on any atom is 0.244 e. The molecule has 3 heterocycles. The minimum atomic E-state index is -0.373. The number of carbonyl (C=O) groups excluding carboxylic acids is 1. The van der Waals surface area contributed by atoms with Crippen molar-refractivity contribution in [3.05, 3.63) is 84.1 Å². The molecule has 0 radical (unpaired) electrons. The second-order valence-electron chi connectivity index (χ2n) is 8.03. The Bertz CT molecular complexity index is 1360. The second-order valence-corrected chi connectivity index (χ2v) is 8.03. The quantitative estimate of drug-likeness (QED) is 0.437. The molecule has 0 bridgehead atoms. The predicted molar refractivity (Wildman–Crippen MR) is 121 cm³/mol. The third-order valence-electron chi connectivity index (χ3n) is 5.62. The van der Waals surface area contributed by atoms with Gasteiger partial charge in [-0.05, 0) is 61.9 Å². The number of hydrogen-bond acceptors (Lipinski definition) is 5. The Kier molecular flexibility index (Phi) is 5.75. The first-order valence-electron chi connectivity index (χ1n) is 10.8. The number of carbonyl (C=O) groups is 1. The lowest BCUT2D eigenvalue weighted by Crippen LogP contribution is -2.37. The highest BCUT2D eigenvalue weighted by Crippen LogP contribution is 2.25. The smallest absolute Gasteiger partial charge is 0.244 e. The molecule has 172 valence electrons. The van der Waals surface area contributed by atoms with Crippen molar-refractivity contribution in [2.45, 2.75) is 19.9 Å². The van der Waals surface area contributed by atoms with Crippen molar-refractivity contribution in [3.63, 3.8) is 0 Å². The van der Waals surface area contributed by atoms with Crippen LogP contribution in [0.3, 0.4) is 0 Å². The largest absolute Gasteiger partial charge is 0.442 e. The lowest BCUT2D eigenvalue weighted by atomic mass is 10.1. The number of aromatic nitrogens is 4. The minimum absolute atomic E-state index is 0.0395. The van der Waals surface area contributed by atoms with Gasteiger partial charge in [-0.3, -0.25) is 4.79 Å². The fourth-order valence-electron chi connectivity index (χ4n) is 3.81. The molecule has 5 rings (SSSR count). The van der Waals surface area contributed by atoms with Crippen LogP contribution in [-0.4, -0.2) is 43.6 Å². The van der Waals surface area contributed by atoms with Crippen molar-refractivity contribution in [2.75, 3.05) is 13.1 Å². The first-order chi connectivity index (χ1) is 16.5. The van der Waals surface area contributed by atoms with Gasteiger partial charge in [0.05, 0.1) is 6.20 Å². The molecule has 0 N–H and O–H groups in total. The zero-order chi connectivity index (χ0) is 23.7. The number of nitrogens with zero attached hydrogens (tertiary/aromatic N) is 5. The molecule has 1 aliphatic heterocycles. The van der Waals surface area contributed by atoms with Crippen LogP contribution in [-0.2, 0) is 11.3 Å². The van der Waals surface area contributed by atoms with Crippen LogP contribution in [0.2, 0.25) is 0 Å². The maximum atomic E-state index is 13.5. The van der Waals surface area contributed by atoms with Crippen LogP contribution in [0.5, 0.6) is 0 Å². The standard InChI is InChI=1S/C25H21F2N5O2/c1-16-14-28-25(34-16)19-10-12-31(13-11-19)22(33)15-32-24(18-4-8-21(27)9-5-18)29-23(30-32)17-2-6-20(26)7-3-17/h2-10,14H,11-13,15H2,1H3. The van der Waals surface area contributed by atoms with Gasteiger partial charge in [0.25, 0.3) is 0 Å². The predicted octanol–water partition coefficient (Wildman–Crippen LogP) is 4.50. The summed E-state index contributed by atoms with van der Waals surface area (Å²) in [5, 5.41) is 4.51. The van der Waals surface area contributed by atoms with E-state index < -0.39 is 0 Å². The van der Waals surface area contributed by atoms with Crippen LogP contribution in [0.15, 0.2) is 65.2 Å². The van der Waals surface area contributed by atoms with Crippen LogP contribution < -0.4 is 0 Å². The lowest BCUT2D eigenvalue weighted by Gasteiger charge is -2.25. The topological polar surface area (TPSA) is 77.1 Å². The molecule has 9 heteroatoms. The molecule has 34 heavy (non-hydrogen) atoms. The van der Waals surface area contributed by atoms with E-state index >= 15 is 0 Å². The van der Waals surface area contributed by atoms with Gasteiger partial charge in [-0.1, -0.05) is 6.08 Å². The number of benzene rings is 2. The van der Waals surface area contributed by atoms with Gasteiger partial charge < -0.3 is 9.32 Å². The highest BCUT2D eigenvalue weighted by molar-refractivity contribution is 5.78. The van der Waals surface area contributed by atoms with E-state index in [1.807, 2.05) is 13.0 Å². The van der Waals surface area contributed by atoms with E-state index in [-0.39, 0.29) is 24.1 Å². The number of rotatable bonds is 5. The fourth-order valence-corrected chi connectivity index (χ4v) is 3.81. The van der Waals surface area contributed by atoms with Crippen molar-refractivity contribution >= 4 is 11.5 Å². The Hall–Kier alpha value is -4.14. The van der Waals surface area contributed by atoms with Gasteiger partial charge in [-0.2, -0.15) is 0 Å². The molecule has 0 aliphatic carbocycles. The van der Waals surface area contributed by atoms with Crippen LogP contribution in [0, 0.1) is 18.6 Å². The van der Waals surface area contributed by atoms with Crippen LogP contribution in [0.1, 0.15) is 18.1 Å². The summed E-state index contributed by atoms with van der Waals surface area (Å²) < 4.78 is 33.9. The molecule has 2 aromatic heterocycles. The van der Waals surface area contributed by atoms with Crippen molar-refractivity contribution in [3.8, 4) is 22.8 Å². The highest BCUT2D eigenvalue weighted by atomic mass is 19.1. The summed E-state index contributed by atoms with van der Waals surface area (Å²) in [5.74, 6) is 1.24. The summed E-state index contributed by atoms with van der Waals surface area (Å²) in [5.41, 5.74) is 2.21. The Morgan fingerprint density at radius 3 is 2.29 bits per heavy atom. The summed E-state index contributed by atoms with van der Waals surface area (Å²) in [4.78, 5) is 23.7. The third-order valence-corrected chi connectivity index (χ3v) is 5.62. The third kappa shape index (κ3) is 4.50. The van der Waals surface area contributed by atoms with E-state index in [1.54, 1.807) is 35.4 Å². The number of halogens is 2. The van der Waals surface area contributed by atoms with E-state index in [0.29, 0.717) is 48.2 Å². The van der Waals surface area contributed by atoms with E-state index in [2.05, 4.69) is 15.1 Å². The molecule has 0 fully saturated rings. The molecule has 0 saturated heterocycles. The fraction of sp³-hybridized carbons (Fsp3) is 0.200. The van der Waals surface area contributed by atoms with Crippen molar-refractivity contribution in [1.29, 1.82) is 0 Å². The Labute approximate surface area is 194 Å². The number of oxazole rings is 1. The minimum Gasteiger partial charge on any atom is -0.442 e. The van der Waals surface area contributed by atoms with Gasteiger partial charge in [-0.25, -0.2) is 23.4 Å². The molecule has 0 atom stereocenters. The SMILES string of the molecule is Cc1cnc(C2=CCN(C(=O)Cn3nc(-c4ccc(F)cc4)nc3-c3ccc(F)cc3)CC2)o1. The van der Waals surface area contributed by atoms with Gasteiger partial charge in [-0.15, -0.1) is 5.10 Å². The van der Waals surface area contributed by atoms with Crippen molar-refractivity contribution < 1.29 is 18.0 Å². The summed E-state index contributed by atoms with van der Waals surface area (Å²) in [6, 6.07) is 11.6. The number of amides is 1. The first kappa shape index (κ1) is 21.7. The highest BCUT2D eigenvalue weighted by Gasteiger charge is 2.23. The molecule has 0 unspecified atom stereocenters. The van der Waals surface area contributed by atoms with Gasteiger partial charge >= 0.3 is 0 Å². The summed E-state index contributed by atoms with van der Waals surface area (Å²) in [6.45, 7) is 2.76. The monoisotopic (exact) mass is 461 g/mol. The average Bonchev–Trinajstić information content (AvgIpc) is 3.47. The van der Waals surface area contributed by atoms with E-state index in [0.717, 1.165) is 11.3 Å². The van der Waals surface area contributed by atoms with E-state index in [4.69, 9.17) is 4.42 Å². The van der Waals surface area contributed by atoms with Crippen LogP contribution in [0.25, 0.3) is 28.3 Å². The molecule has 4 aromatic rings. The molecule has 1 amide bonds. The van der Waals surface area contributed by atoms with Crippen molar-refractivity contribution in [1.82, 2.24) is 24.6 Å². The van der Waals surface area contributed by atoms with E-state index in [9.17, 15) is 13.6 Å². The lowest BCUT2D eigenvalue weighted by molar-refractivity contribution is -0.131. The first-order valence-corrected chi connectivity index (χ1v) is 10.8. The molecule has 2 aromatic carbocycles. The second kappa shape index (κ2) is 9.01. The number of aryl methyl sites for hydroxylation is 1. The molecule has 0 spiro atoms. The zero-order valence-electron chi connectivity index (χ0n) is 18.4. The Morgan fingerprint density at radius 1 is 1.03 bits per heavy atom. The molecule has 0 saturated carbocycles. The van der Waals surface area contributed by atoms with Crippen LogP contribution in [0.4, 0.5) is 8.78 Å². The zero-order valence-corrected chi connectivity index (χ0v) is 18.4. The summed E-state index contributed by atoms with van der Waals surface area (Å²) in [6.07, 6.45) is 4.25. The maximum absolute atomic E-state index is 13.5. The summed E-state index contributed by atoms with van der Waals surface area (Å²) in [7, 11) is 0. The molecular formula is C25H21F2N5O2. The van der Waals surface area contributed by atoms with Crippen LogP contribution >= 0.6 is 0 Å². The summed E-state index contributed by atoms with van der Waals surface area (Å²) >= 11 is 0. The van der Waals surface area contributed by atoms with Gasteiger partial charge in [0, 0.05) is 29.8 Å².